The van der Waals surface area contributed by atoms with Crippen molar-refractivity contribution in [3.63, 3.8) is 0 Å². The van der Waals surface area contributed by atoms with E-state index in [1.807, 2.05) is 24.0 Å². The van der Waals surface area contributed by atoms with Gasteiger partial charge in [0.15, 0.2) is 0 Å². The molecule has 7 heteroatoms. The summed E-state index contributed by atoms with van der Waals surface area (Å²) in [5.41, 5.74) is 2.58. The van der Waals surface area contributed by atoms with Crippen molar-refractivity contribution in [1.82, 2.24) is 15.2 Å². The Labute approximate surface area is 182 Å². The normalized spacial score (nSPS) is 21.7. The van der Waals surface area contributed by atoms with Crippen LogP contribution < -0.4 is 5.32 Å². The predicted molar refractivity (Wildman–Crippen MR) is 116 cm³/mol. The fourth-order valence-corrected chi connectivity index (χ4v) is 5.09. The van der Waals surface area contributed by atoms with E-state index in [1.54, 1.807) is 24.5 Å². The van der Waals surface area contributed by atoms with Gasteiger partial charge in [-0.1, -0.05) is 24.3 Å². The number of hydrogen-bond acceptors (Lipinski definition) is 5. The zero-order chi connectivity index (χ0) is 21.8. The number of nitrogens with zero attached hydrogens (tertiary/aromatic N) is 2. The summed E-state index contributed by atoms with van der Waals surface area (Å²) in [7, 11) is 1.54. The molecular weight excluding hydrogens is 394 g/mol. The lowest BCUT2D eigenvalue weighted by Crippen LogP contribution is -2.52. The summed E-state index contributed by atoms with van der Waals surface area (Å²) in [6.07, 6.45) is 4.59. The van der Waals surface area contributed by atoms with Crippen LogP contribution in [0.1, 0.15) is 47.3 Å². The van der Waals surface area contributed by atoms with Crippen molar-refractivity contribution in [3.05, 3.63) is 65.5 Å². The van der Waals surface area contributed by atoms with Gasteiger partial charge >= 0.3 is 0 Å². The number of benzene rings is 1. The van der Waals surface area contributed by atoms with E-state index in [-0.39, 0.29) is 36.0 Å². The largest absolute Gasteiger partial charge is 0.375 e. The molecule has 1 aliphatic carbocycles. The second-order valence-corrected chi connectivity index (χ2v) is 8.13. The van der Waals surface area contributed by atoms with E-state index in [0.717, 1.165) is 18.4 Å². The molecule has 1 aromatic carbocycles. The third-order valence-electron chi connectivity index (χ3n) is 6.51. The van der Waals surface area contributed by atoms with Gasteiger partial charge in [0.1, 0.15) is 6.61 Å². The van der Waals surface area contributed by atoms with Crippen LogP contribution >= 0.6 is 0 Å². The maximum atomic E-state index is 13.0. The molecular formula is C24H29N3O4. The number of ether oxygens (including phenoxy) is 2. The highest BCUT2D eigenvalue weighted by atomic mass is 16.5. The van der Waals surface area contributed by atoms with E-state index in [9.17, 15) is 9.59 Å². The molecule has 1 fully saturated rings. The first-order valence-electron chi connectivity index (χ1n) is 10.8. The number of nitrogens with one attached hydrogen (secondary N) is 1. The molecule has 2 aromatic rings. The van der Waals surface area contributed by atoms with E-state index in [4.69, 9.17) is 9.47 Å². The lowest BCUT2D eigenvalue weighted by molar-refractivity contribution is -0.138. The average Bonchev–Trinajstić information content (AvgIpc) is 3.04. The molecule has 0 radical (unpaired) electrons. The van der Waals surface area contributed by atoms with Gasteiger partial charge < -0.3 is 19.7 Å². The Morgan fingerprint density at radius 3 is 2.65 bits per heavy atom. The summed E-state index contributed by atoms with van der Waals surface area (Å²) in [5, 5.41) is 3.21. The van der Waals surface area contributed by atoms with Gasteiger partial charge in [-0.05, 0) is 43.0 Å². The maximum absolute atomic E-state index is 13.0. The van der Waals surface area contributed by atoms with Crippen LogP contribution in [0.15, 0.2) is 48.8 Å². The van der Waals surface area contributed by atoms with Crippen molar-refractivity contribution in [2.45, 2.75) is 37.3 Å². The van der Waals surface area contributed by atoms with Gasteiger partial charge in [0.05, 0.1) is 17.7 Å². The Morgan fingerprint density at radius 1 is 1.19 bits per heavy atom. The molecule has 0 bridgehead atoms. The number of methoxy groups -OCH3 is 1. The lowest BCUT2D eigenvalue weighted by atomic mass is 9.71. The monoisotopic (exact) mass is 423 g/mol. The molecule has 4 rings (SSSR count). The number of carbonyl (C=O) groups is 2. The van der Waals surface area contributed by atoms with Gasteiger partial charge in [-0.2, -0.15) is 0 Å². The molecule has 0 unspecified atom stereocenters. The van der Waals surface area contributed by atoms with Crippen molar-refractivity contribution in [3.8, 4) is 0 Å². The number of aromatic nitrogens is 1. The van der Waals surface area contributed by atoms with Crippen molar-refractivity contribution in [2.24, 2.45) is 0 Å². The summed E-state index contributed by atoms with van der Waals surface area (Å²) in [6, 6.07) is 11.5. The Kier molecular flexibility index (Phi) is 6.34. The quantitative estimate of drug-likeness (QED) is 0.772. The molecule has 2 atom stereocenters. The Balaban J connectivity index is 1.64. The number of pyridine rings is 1. The Bertz CT molecular complexity index is 925. The third kappa shape index (κ3) is 3.95. The van der Waals surface area contributed by atoms with E-state index >= 15 is 0 Å². The minimum Gasteiger partial charge on any atom is -0.375 e. The molecule has 2 aliphatic rings. The summed E-state index contributed by atoms with van der Waals surface area (Å²) < 4.78 is 11.3. The molecule has 1 N–H and O–H groups in total. The van der Waals surface area contributed by atoms with E-state index in [0.29, 0.717) is 25.3 Å². The molecule has 164 valence electrons. The van der Waals surface area contributed by atoms with Crippen molar-refractivity contribution in [2.75, 3.05) is 33.4 Å². The minimum absolute atomic E-state index is 0.0121. The van der Waals surface area contributed by atoms with Gasteiger partial charge in [0, 0.05) is 44.6 Å². The number of rotatable bonds is 6. The Hall–Kier alpha value is -2.77. The molecule has 1 spiro atoms. The topological polar surface area (TPSA) is 80.8 Å². The van der Waals surface area contributed by atoms with E-state index in [2.05, 4.69) is 22.4 Å². The van der Waals surface area contributed by atoms with Crippen LogP contribution in [0, 0.1) is 0 Å². The first-order valence-corrected chi connectivity index (χ1v) is 10.8. The standard InChI is InChI=1S/C24H29N3O4/c1-3-31-22-21(26-23(29)17-7-6-12-25-15-17)18-8-4-5-9-19(18)24(22)10-13-27(14-11-24)20(28)16-30-2/h4-9,12,15,21-22H,3,10-11,13-14,16H2,1-2H3,(H,26,29)/t21-,22+/m1/s1. The van der Waals surface area contributed by atoms with Gasteiger partial charge in [-0.3, -0.25) is 14.6 Å². The third-order valence-corrected chi connectivity index (χ3v) is 6.51. The van der Waals surface area contributed by atoms with Crippen LogP contribution in [-0.4, -0.2) is 61.2 Å². The van der Waals surface area contributed by atoms with Crippen LogP contribution in [0.25, 0.3) is 0 Å². The first-order chi connectivity index (χ1) is 15.1. The fourth-order valence-electron chi connectivity index (χ4n) is 5.09. The highest BCUT2D eigenvalue weighted by molar-refractivity contribution is 5.94. The lowest BCUT2D eigenvalue weighted by Gasteiger charge is -2.44. The highest BCUT2D eigenvalue weighted by Crippen LogP contribution is 2.52. The van der Waals surface area contributed by atoms with Crippen LogP contribution in [0.2, 0.25) is 0 Å². The van der Waals surface area contributed by atoms with Crippen molar-refractivity contribution >= 4 is 11.8 Å². The molecule has 0 saturated carbocycles. The molecule has 1 aromatic heterocycles. The van der Waals surface area contributed by atoms with Gasteiger partial charge in [0.25, 0.3) is 5.91 Å². The van der Waals surface area contributed by atoms with E-state index in [1.165, 1.54) is 12.7 Å². The highest BCUT2D eigenvalue weighted by Gasteiger charge is 2.54. The number of hydrogen-bond donors (Lipinski definition) is 1. The molecule has 31 heavy (non-hydrogen) atoms. The van der Waals surface area contributed by atoms with Gasteiger partial charge in [-0.25, -0.2) is 0 Å². The van der Waals surface area contributed by atoms with Gasteiger partial charge in [-0.15, -0.1) is 0 Å². The predicted octanol–water partition coefficient (Wildman–Crippen LogP) is 2.48. The van der Waals surface area contributed by atoms with Crippen LogP contribution in [0.3, 0.4) is 0 Å². The maximum Gasteiger partial charge on any atom is 0.253 e. The number of amides is 2. The fraction of sp³-hybridized carbons (Fsp3) is 0.458. The van der Waals surface area contributed by atoms with Crippen LogP contribution in [0.4, 0.5) is 0 Å². The number of likely N-dealkylation sites (tertiary alicyclic amines) is 1. The summed E-state index contributed by atoms with van der Waals surface area (Å²) in [5.74, 6) is -0.152. The summed E-state index contributed by atoms with van der Waals surface area (Å²) in [6.45, 7) is 3.91. The average molecular weight is 424 g/mol. The zero-order valence-corrected chi connectivity index (χ0v) is 18.0. The molecule has 2 heterocycles. The smallest absolute Gasteiger partial charge is 0.253 e. The second kappa shape index (κ2) is 9.16. The first kappa shape index (κ1) is 21.5. The SMILES string of the molecule is CCO[C@H]1[C@H](NC(=O)c2cccnc2)c2ccccc2C12CCN(C(=O)COC)CC2. The van der Waals surface area contributed by atoms with Crippen molar-refractivity contribution < 1.29 is 19.1 Å². The van der Waals surface area contributed by atoms with Crippen LogP contribution in [-0.2, 0) is 19.7 Å². The molecule has 2 amide bonds. The summed E-state index contributed by atoms with van der Waals surface area (Å²) in [4.78, 5) is 31.2. The van der Waals surface area contributed by atoms with Gasteiger partial charge in [0.2, 0.25) is 5.91 Å². The number of piperidine rings is 1. The molecule has 1 aliphatic heterocycles. The number of carbonyl (C=O) groups excluding carboxylic acids is 2. The van der Waals surface area contributed by atoms with Crippen molar-refractivity contribution in [1.29, 1.82) is 0 Å². The van der Waals surface area contributed by atoms with Crippen LogP contribution in [0.5, 0.6) is 0 Å². The zero-order valence-electron chi connectivity index (χ0n) is 18.0. The minimum atomic E-state index is -0.259. The molecule has 7 nitrogen and oxygen atoms in total. The molecule has 1 saturated heterocycles. The van der Waals surface area contributed by atoms with E-state index < -0.39 is 0 Å². The number of fused-ring (bicyclic) bond motifs is 2. The second-order valence-electron chi connectivity index (χ2n) is 8.13. The summed E-state index contributed by atoms with van der Waals surface area (Å²) >= 11 is 0. The Morgan fingerprint density at radius 2 is 1.97 bits per heavy atom.